The van der Waals surface area contributed by atoms with E-state index in [0.717, 1.165) is 37.4 Å². The minimum atomic E-state index is -0.103. The number of rotatable bonds is 11. The van der Waals surface area contributed by atoms with Crippen LogP contribution < -0.4 is 15.1 Å². The van der Waals surface area contributed by atoms with E-state index >= 15 is 0 Å². The van der Waals surface area contributed by atoms with Crippen LogP contribution in [0.2, 0.25) is 0 Å². The number of benzene rings is 20. The molecule has 0 fully saturated rings. The normalized spacial score (nSPS) is 13.4. The molecule has 5 heteroatoms. The summed E-state index contributed by atoms with van der Waals surface area (Å²) < 4.78 is 2.31. The molecule has 0 aliphatic heterocycles. The Kier molecular flexibility index (Phi) is 18.3. The highest BCUT2D eigenvalue weighted by atomic mass is 79.9. The third-order valence-electron chi connectivity index (χ3n) is 26.5. The van der Waals surface area contributed by atoms with Crippen molar-refractivity contribution in [2.75, 3.05) is 15.1 Å². The fourth-order valence-corrected chi connectivity index (χ4v) is 21.3. The minimum Gasteiger partial charge on any atom is -0.355 e. The van der Waals surface area contributed by atoms with Crippen LogP contribution in [0.4, 0.5) is 45.5 Å². The standard InChI is InChI=1S/C72H56N2.C28H25N.C16H8Br2/c1-45-39-63-59(55-27-13-15-29-61(55)71(63,3)4)43-67(45)73(53-25-17-23-51(41-53)47-19-9-7-10-20-47)65-37-33-49-32-36-58-66(38-34-50-31-35-57(65)69(49)70(50)58)74(54-26-18-24-52(42-54)48-21-11-8-12-22-48)68-44-60-56-28-14-16-30-62(56)72(5,6)64(60)40-46(68)2;1-19-16-26-24(23-14-7-8-15-25(23)28(26,2)3)18-27(19)29-22-13-9-12-21(17-22)20-10-5-4-6-11-20;17-13-8-4-10-2-6-12-14(18)7-3-9-1-5-11(13)16(10)15(9)12/h7-44H,1-6H3;4-18,29H,1-3H3;1-8H. The summed E-state index contributed by atoms with van der Waals surface area (Å²) in [5.41, 5.74) is 36.3. The van der Waals surface area contributed by atoms with Gasteiger partial charge in [0.2, 0.25) is 0 Å². The molecule has 20 aromatic rings. The van der Waals surface area contributed by atoms with Gasteiger partial charge in [-0.05, 0) is 270 Å². The van der Waals surface area contributed by atoms with E-state index < -0.39 is 0 Å². The van der Waals surface area contributed by atoms with E-state index in [2.05, 4.69) is 479 Å². The maximum atomic E-state index is 3.67. The zero-order chi connectivity index (χ0) is 82.3. The Morgan fingerprint density at radius 2 is 0.545 bits per heavy atom. The van der Waals surface area contributed by atoms with Crippen LogP contribution in [-0.2, 0) is 16.2 Å². The summed E-state index contributed by atoms with van der Waals surface area (Å²) in [6.45, 7) is 20.9. The lowest BCUT2D eigenvalue weighted by atomic mass is 9.82. The molecule has 20 aromatic carbocycles. The number of aryl methyl sites for hydroxylation is 3. The summed E-state index contributed by atoms with van der Waals surface area (Å²) in [5, 5.41) is 18.9. The van der Waals surface area contributed by atoms with Gasteiger partial charge in [-0.1, -0.05) is 365 Å². The Morgan fingerprint density at radius 1 is 0.231 bits per heavy atom. The molecule has 0 atom stereocenters. The van der Waals surface area contributed by atoms with E-state index in [1.807, 2.05) is 0 Å². The first kappa shape index (κ1) is 75.3. The molecule has 0 radical (unpaired) electrons. The molecule has 0 amide bonds. The molecular formula is C116H89Br2N3. The second-order valence-corrected chi connectivity index (χ2v) is 36.5. The van der Waals surface area contributed by atoms with Gasteiger partial charge in [-0.2, -0.15) is 0 Å². The molecule has 0 saturated carbocycles. The zero-order valence-corrected chi connectivity index (χ0v) is 72.5. The van der Waals surface area contributed by atoms with Gasteiger partial charge in [0.25, 0.3) is 0 Å². The maximum absolute atomic E-state index is 3.67. The smallest absolute Gasteiger partial charge is 0.0540 e. The fraction of sp³-hybridized carbons (Fsp3) is 0.103. The topological polar surface area (TPSA) is 18.5 Å². The molecule has 3 nitrogen and oxygen atoms in total. The van der Waals surface area contributed by atoms with Gasteiger partial charge < -0.3 is 15.1 Å². The zero-order valence-electron chi connectivity index (χ0n) is 69.4. The number of halogens is 2. The second-order valence-electron chi connectivity index (χ2n) is 34.8. The van der Waals surface area contributed by atoms with Crippen molar-refractivity contribution in [2.45, 2.75) is 78.6 Å². The van der Waals surface area contributed by atoms with E-state index in [9.17, 15) is 0 Å². The van der Waals surface area contributed by atoms with Crippen LogP contribution in [0, 0.1) is 20.8 Å². The Hall–Kier alpha value is -13.2. The molecule has 0 unspecified atom stereocenters. The summed E-state index contributed by atoms with van der Waals surface area (Å²) in [6, 6.07) is 137. The van der Waals surface area contributed by atoms with Crippen molar-refractivity contribution in [3.63, 3.8) is 0 Å². The van der Waals surface area contributed by atoms with Crippen molar-refractivity contribution in [2.24, 2.45) is 0 Å². The summed E-state index contributed by atoms with van der Waals surface area (Å²) in [6.07, 6.45) is 0. The lowest BCUT2D eigenvalue weighted by Crippen LogP contribution is -2.17. The van der Waals surface area contributed by atoms with E-state index in [1.165, 1.54) is 199 Å². The Labute approximate surface area is 725 Å². The second kappa shape index (κ2) is 29.4. The third-order valence-corrected chi connectivity index (χ3v) is 27.9. The number of nitrogens with zero attached hydrogens (tertiary/aromatic N) is 2. The van der Waals surface area contributed by atoms with Crippen LogP contribution in [0.15, 0.2) is 379 Å². The van der Waals surface area contributed by atoms with Crippen LogP contribution in [0.3, 0.4) is 0 Å². The third kappa shape index (κ3) is 12.6. The minimum absolute atomic E-state index is 0.0441. The van der Waals surface area contributed by atoms with E-state index in [1.54, 1.807) is 0 Å². The summed E-state index contributed by atoms with van der Waals surface area (Å²) >= 11 is 7.30. The van der Waals surface area contributed by atoms with Crippen LogP contribution in [0.5, 0.6) is 0 Å². The van der Waals surface area contributed by atoms with Gasteiger partial charge in [-0.3, -0.25) is 0 Å². The first-order valence-electron chi connectivity index (χ1n) is 42.1. The number of anilines is 8. The van der Waals surface area contributed by atoms with Gasteiger partial charge in [0, 0.05) is 70.1 Å². The van der Waals surface area contributed by atoms with Crippen molar-refractivity contribution in [1.82, 2.24) is 0 Å². The molecule has 1 N–H and O–H groups in total. The molecule has 0 saturated heterocycles. The SMILES string of the molecule is Brc1ccc2ccc3c(Br)ccc4ccc1c2c43.Cc1cc2c(cc1N(c1cccc(-c3ccccc3)c1)c1ccc3ccc4c(N(c5cccc(-c6ccccc6)c5)c5cc6c(cc5C)C(C)(C)c5ccccc5-6)ccc5ccc1c3c54)-c1ccccc1C2(C)C.Cc1cc2c(cc1Nc1cccc(-c3ccccc3)c1)-c1ccccc1C2(C)C. The van der Waals surface area contributed by atoms with Gasteiger partial charge in [-0.25, -0.2) is 0 Å². The average Bonchev–Trinajstić information content (AvgIpc) is 1.42. The van der Waals surface area contributed by atoms with Crippen LogP contribution in [-0.4, -0.2) is 0 Å². The number of nitrogens with one attached hydrogen (secondary N) is 1. The monoisotopic (exact) mass is 1680 g/mol. The van der Waals surface area contributed by atoms with E-state index in [4.69, 9.17) is 0 Å². The highest BCUT2D eigenvalue weighted by Gasteiger charge is 2.40. The van der Waals surface area contributed by atoms with Gasteiger partial charge >= 0.3 is 0 Å². The fourth-order valence-electron chi connectivity index (χ4n) is 20.3. The van der Waals surface area contributed by atoms with Crippen molar-refractivity contribution in [3.05, 3.63) is 429 Å². The quantitative estimate of drug-likeness (QED) is 0.130. The van der Waals surface area contributed by atoms with E-state index in [0.29, 0.717) is 0 Å². The van der Waals surface area contributed by atoms with Gasteiger partial charge in [-0.15, -0.1) is 0 Å². The number of hydrogen-bond donors (Lipinski definition) is 1. The first-order chi connectivity index (χ1) is 58.8. The lowest BCUT2D eigenvalue weighted by Gasteiger charge is -2.32. The molecule has 3 aliphatic carbocycles. The van der Waals surface area contributed by atoms with Crippen molar-refractivity contribution in [1.29, 1.82) is 0 Å². The number of fused-ring (bicyclic) bond motifs is 9. The maximum Gasteiger partial charge on any atom is 0.0540 e. The molecule has 582 valence electrons. The van der Waals surface area contributed by atoms with Crippen LogP contribution in [0.1, 0.15) is 91.6 Å². The average molecular weight is 1680 g/mol. The molecule has 0 bridgehead atoms. The summed E-state index contributed by atoms with van der Waals surface area (Å²) in [7, 11) is 0. The first-order valence-corrected chi connectivity index (χ1v) is 43.7. The lowest BCUT2D eigenvalue weighted by molar-refractivity contribution is 0.659. The highest BCUT2D eigenvalue weighted by Crippen LogP contribution is 2.57. The Morgan fingerprint density at radius 3 is 0.950 bits per heavy atom. The molecule has 0 heterocycles. The Balaban J connectivity index is 0.000000155. The predicted molar refractivity (Wildman–Crippen MR) is 524 cm³/mol. The van der Waals surface area contributed by atoms with Gasteiger partial charge in [0.15, 0.2) is 0 Å². The molecule has 0 aromatic heterocycles. The summed E-state index contributed by atoms with van der Waals surface area (Å²) in [4.78, 5) is 5.08. The largest absolute Gasteiger partial charge is 0.355 e. The molecule has 3 aliphatic rings. The van der Waals surface area contributed by atoms with E-state index in [-0.39, 0.29) is 16.2 Å². The molecule has 0 spiro atoms. The van der Waals surface area contributed by atoms with Crippen LogP contribution in [0.25, 0.3) is 131 Å². The molecule has 121 heavy (non-hydrogen) atoms. The van der Waals surface area contributed by atoms with Crippen molar-refractivity contribution >= 4 is 142 Å². The predicted octanol–water partition coefficient (Wildman–Crippen LogP) is 33.9. The van der Waals surface area contributed by atoms with Crippen LogP contribution >= 0.6 is 31.9 Å². The molecular weight excluding hydrogens is 1600 g/mol. The Bertz CT molecular complexity index is 7170. The van der Waals surface area contributed by atoms with Gasteiger partial charge in [0.05, 0.1) is 11.4 Å². The van der Waals surface area contributed by atoms with Crippen molar-refractivity contribution < 1.29 is 0 Å². The summed E-state index contributed by atoms with van der Waals surface area (Å²) in [5.74, 6) is 0. The van der Waals surface area contributed by atoms with Crippen molar-refractivity contribution in [3.8, 4) is 66.8 Å². The number of hydrogen-bond acceptors (Lipinski definition) is 3. The highest BCUT2D eigenvalue weighted by molar-refractivity contribution is 9.11. The van der Waals surface area contributed by atoms with Gasteiger partial charge in [0.1, 0.15) is 0 Å². The molecule has 23 rings (SSSR count).